The largest absolute Gasteiger partial charge is 0.492 e. The van der Waals surface area contributed by atoms with Gasteiger partial charge in [0.25, 0.3) is 5.91 Å². The van der Waals surface area contributed by atoms with Gasteiger partial charge in [0, 0.05) is 12.1 Å². The molecule has 0 aliphatic heterocycles. The molecule has 0 aliphatic rings. The Morgan fingerprint density at radius 2 is 1.96 bits per heavy atom. The zero-order valence-electron chi connectivity index (χ0n) is 15.0. The van der Waals surface area contributed by atoms with Crippen molar-refractivity contribution in [3.8, 4) is 5.75 Å². The molecule has 0 N–H and O–H groups in total. The van der Waals surface area contributed by atoms with Crippen LogP contribution in [0.1, 0.15) is 28.7 Å². The number of carbonyl (C=O) groups is 2. The topological polar surface area (TPSA) is 81.9 Å². The van der Waals surface area contributed by atoms with E-state index < -0.39 is 5.97 Å². The highest BCUT2D eigenvalue weighted by Crippen LogP contribution is 2.16. The normalized spacial score (nSPS) is 10.5. The first-order valence-electron chi connectivity index (χ1n) is 8.17. The van der Waals surface area contributed by atoms with Crippen LogP contribution in [-0.4, -0.2) is 48.7 Å². The van der Waals surface area contributed by atoms with Crippen molar-refractivity contribution >= 4 is 23.5 Å². The number of aromatic nitrogens is 1. The number of ether oxygens (including phenoxy) is 2. The Morgan fingerprint density at radius 3 is 2.62 bits per heavy atom. The maximum Gasteiger partial charge on any atom is 0.344 e. The summed E-state index contributed by atoms with van der Waals surface area (Å²) >= 11 is 5.80. The van der Waals surface area contributed by atoms with Crippen LogP contribution in [0.2, 0.25) is 5.02 Å². The third kappa shape index (κ3) is 5.23. The third-order valence-corrected chi connectivity index (χ3v) is 3.99. The van der Waals surface area contributed by atoms with E-state index in [0.29, 0.717) is 41.8 Å². The fraction of sp³-hybridized carbons (Fsp3) is 0.389. The summed E-state index contributed by atoms with van der Waals surface area (Å²) in [6, 6.07) is 6.95. The molecule has 0 bridgehead atoms. The minimum atomic E-state index is -0.611. The van der Waals surface area contributed by atoms with Crippen LogP contribution in [0.5, 0.6) is 5.75 Å². The zero-order chi connectivity index (χ0) is 19.1. The first-order valence-corrected chi connectivity index (χ1v) is 8.54. The predicted molar refractivity (Wildman–Crippen MR) is 95.5 cm³/mol. The summed E-state index contributed by atoms with van der Waals surface area (Å²) in [5.41, 5.74) is 0.804. The van der Waals surface area contributed by atoms with E-state index in [-0.39, 0.29) is 18.1 Å². The lowest BCUT2D eigenvalue weighted by atomic mass is 10.1. The van der Waals surface area contributed by atoms with Gasteiger partial charge < -0.3 is 18.9 Å². The SMILES string of the molecule is CCc1noc(C)c1C(=O)OCC(=O)N(C)CCOc1ccc(Cl)cc1. The van der Waals surface area contributed by atoms with Crippen LogP contribution in [0.15, 0.2) is 28.8 Å². The molecule has 8 heteroatoms. The lowest BCUT2D eigenvalue weighted by molar-refractivity contribution is -0.133. The molecule has 0 unspecified atom stereocenters. The maximum absolute atomic E-state index is 12.1. The van der Waals surface area contributed by atoms with E-state index in [1.54, 1.807) is 38.2 Å². The van der Waals surface area contributed by atoms with Crippen LogP contribution < -0.4 is 4.74 Å². The fourth-order valence-corrected chi connectivity index (χ4v) is 2.31. The molecule has 0 spiro atoms. The number of hydrogen-bond acceptors (Lipinski definition) is 6. The average molecular weight is 381 g/mol. The van der Waals surface area contributed by atoms with Crippen LogP contribution in [0.3, 0.4) is 0 Å². The van der Waals surface area contributed by atoms with Gasteiger partial charge >= 0.3 is 5.97 Å². The molecule has 1 heterocycles. The molecule has 1 aromatic carbocycles. The van der Waals surface area contributed by atoms with Crippen LogP contribution in [0.4, 0.5) is 0 Å². The second-order valence-electron chi connectivity index (χ2n) is 5.61. The molecule has 26 heavy (non-hydrogen) atoms. The van der Waals surface area contributed by atoms with E-state index in [1.807, 2.05) is 6.92 Å². The summed E-state index contributed by atoms with van der Waals surface area (Å²) in [7, 11) is 1.61. The van der Waals surface area contributed by atoms with E-state index in [4.69, 9.17) is 25.6 Å². The number of aryl methyl sites for hydroxylation is 2. The molecule has 140 valence electrons. The molecule has 0 atom stereocenters. The molecular formula is C18H21ClN2O5. The Hall–Kier alpha value is -2.54. The van der Waals surface area contributed by atoms with E-state index in [9.17, 15) is 9.59 Å². The Kier molecular flexibility index (Phi) is 7.03. The molecule has 0 aliphatic carbocycles. The molecule has 0 radical (unpaired) electrons. The predicted octanol–water partition coefficient (Wildman–Crippen LogP) is 2.89. The Bertz CT molecular complexity index is 757. The zero-order valence-corrected chi connectivity index (χ0v) is 15.7. The molecule has 2 rings (SSSR count). The Labute approximate surface area is 156 Å². The molecule has 0 saturated heterocycles. The van der Waals surface area contributed by atoms with Gasteiger partial charge in [-0.15, -0.1) is 0 Å². The van der Waals surface area contributed by atoms with E-state index in [2.05, 4.69) is 5.16 Å². The smallest absolute Gasteiger partial charge is 0.344 e. The molecular weight excluding hydrogens is 360 g/mol. The van der Waals surface area contributed by atoms with Crippen LogP contribution >= 0.6 is 11.6 Å². The van der Waals surface area contributed by atoms with Crippen molar-refractivity contribution < 1.29 is 23.6 Å². The summed E-state index contributed by atoms with van der Waals surface area (Å²) in [5.74, 6) is 0.102. The minimum Gasteiger partial charge on any atom is -0.492 e. The summed E-state index contributed by atoms with van der Waals surface area (Å²) in [5, 5.41) is 4.42. The number of likely N-dealkylation sites (N-methyl/N-ethyl adjacent to an activating group) is 1. The molecule has 2 aromatic rings. The molecule has 0 saturated carbocycles. The summed E-state index contributed by atoms with van der Waals surface area (Å²) in [6.07, 6.45) is 0.539. The standard InChI is InChI=1S/C18H21ClN2O5/c1-4-15-17(12(2)26-20-15)18(23)25-11-16(22)21(3)9-10-24-14-7-5-13(19)6-8-14/h5-8H,4,9-11H2,1-3H3. The van der Waals surface area contributed by atoms with Crippen LogP contribution in [0.25, 0.3) is 0 Å². The Morgan fingerprint density at radius 1 is 1.27 bits per heavy atom. The Balaban J connectivity index is 1.77. The number of halogens is 1. The number of amides is 1. The number of nitrogens with zero attached hydrogens (tertiary/aromatic N) is 2. The minimum absolute atomic E-state index is 0.286. The van der Waals surface area contributed by atoms with E-state index in [0.717, 1.165) is 0 Å². The highest BCUT2D eigenvalue weighted by atomic mass is 35.5. The van der Waals surface area contributed by atoms with Crippen molar-refractivity contribution in [3.05, 3.63) is 46.3 Å². The molecule has 0 fully saturated rings. The van der Waals surface area contributed by atoms with Gasteiger partial charge in [0.15, 0.2) is 6.61 Å². The van der Waals surface area contributed by atoms with Gasteiger partial charge in [0.05, 0.1) is 12.2 Å². The number of esters is 1. The molecule has 1 aromatic heterocycles. The lowest BCUT2D eigenvalue weighted by Gasteiger charge is -2.17. The monoisotopic (exact) mass is 380 g/mol. The van der Waals surface area contributed by atoms with Crippen molar-refractivity contribution in [1.82, 2.24) is 10.1 Å². The van der Waals surface area contributed by atoms with Gasteiger partial charge in [-0.25, -0.2) is 4.79 Å². The lowest BCUT2D eigenvalue weighted by Crippen LogP contribution is -2.34. The summed E-state index contributed by atoms with van der Waals surface area (Å²) in [4.78, 5) is 25.6. The number of rotatable bonds is 8. The third-order valence-electron chi connectivity index (χ3n) is 3.73. The van der Waals surface area contributed by atoms with E-state index >= 15 is 0 Å². The van der Waals surface area contributed by atoms with Crippen LogP contribution in [0, 0.1) is 6.92 Å². The van der Waals surface area contributed by atoms with E-state index in [1.165, 1.54) is 4.90 Å². The number of carbonyl (C=O) groups excluding carboxylic acids is 2. The van der Waals surface area contributed by atoms with Crippen LogP contribution in [-0.2, 0) is 16.0 Å². The van der Waals surface area contributed by atoms with Gasteiger partial charge in [0.1, 0.15) is 23.7 Å². The second-order valence-corrected chi connectivity index (χ2v) is 6.04. The number of benzene rings is 1. The first kappa shape index (κ1) is 19.8. The van der Waals surface area contributed by atoms with Crippen molar-refractivity contribution in [2.45, 2.75) is 20.3 Å². The van der Waals surface area contributed by atoms with Crippen molar-refractivity contribution in [2.75, 3.05) is 26.8 Å². The molecule has 1 amide bonds. The van der Waals surface area contributed by atoms with Crippen molar-refractivity contribution in [1.29, 1.82) is 0 Å². The highest BCUT2D eigenvalue weighted by Gasteiger charge is 2.22. The fourth-order valence-electron chi connectivity index (χ4n) is 2.19. The van der Waals surface area contributed by atoms with Gasteiger partial charge in [0.2, 0.25) is 0 Å². The van der Waals surface area contributed by atoms with Gasteiger partial charge in [-0.2, -0.15) is 0 Å². The van der Waals surface area contributed by atoms with Crippen molar-refractivity contribution in [3.63, 3.8) is 0 Å². The van der Waals surface area contributed by atoms with Gasteiger partial charge in [-0.05, 0) is 37.6 Å². The summed E-state index contributed by atoms with van der Waals surface area (Å²) in [6.45, 7) is 3.79. The van der Waals surface area contributed by atoms with Gasteiger partial charge in [-0.1, -0.05) is 23.7 Å². The maximum atomic E-state index is 12.1. The first-order chi connectivity index (χ1) is 12.4. The second kappa shape index (κ2) is 9.24. The van der Waals surface area contributed by atoms with Crippen molar-refractivity contribution in [2.24, 2.45) is 0 Å². The van der Waals surface area contributed by atoms with Gasteiger partial charge in [-0.3, -0.25) is 4.79 Å². The highest BCUT2D eigenvalue weighted by molar-refractivity contribution is 6.30. The average Bonchev–Trinajstić information content (AvgIpc) is 3.01. The summed E-state index contributed by atoms with van der Waals surface area (Å²) < 4.78 is 15.6. The molecule has 7 nitrogen and oxygen atoms in total. The number of hydrogen-bond donors (Lipinski definition) is 0. The quantitative estimate of drug-likeness (QED) is 0.655.